The molecule has 1 N–H and O–H groups in total. The molecule has 0 bridgehead atoms. The van der Waals surface area contributed by atoms with Gasteiger partial charge in [0.2, 0.25) is 5.91 Å². The number of nitrogens with zero attached hydrogens (tertiary/aromatic N) is 2. The van der Waals surface area contributed by atoms with E-state index in [1.54, 1.807) is 11.3 Å². The molecule has 4 rings (SSSR count). The van der Waals surface area contributed by atoms with Crippen molar-refractivity contribution in [3.63, 3.8) is 0 Å². The molecule has 7 nitrogen and oxygen atoms in total. The van der Waals surface area contributed by atoms with E-state index in [0.717, 1.165) is 40.5 Å². The lowest BCUT2D eigenvalue weighted by Gasteiger charge is -2.31. The zero-order chi connectivity index (χ0) is 23.2. The normalized spacial score (nSPS) is 16.0. The van der Waals surface area contributed by atoms with Gasteiger partial charge in [0.25, 0.3) is 0 Å². The Labute approximate surface area is 198 Å². The van der Waals surface area contributed by atoms with Crippen LogP contribution in [-0.4, -0.2) is 43.8 Å². The number of aromatic nitrogens is 1. The number of thiazole rings is 1. The molecule has 1 aromatic heterocycles. The summed E-state index contributed by atoms with van der Waals surface area (Å²) in [6.07, 6.45) is 1.78. The summed E-state index contributed by atoms with van der Waals surface area (Å²) >= 11 is 1.64. The van der Waals surface area contributed by atoms with Crippen molar-refractivity contribution in [2.45, 2.75) is 33.6 Å². The molecule has 176 valence electrons. The van der Waals surface area contributed by atoms with Crippen LogP contribution in [0.4, 0.5) is 10.8 Å². The summed E-state index contributed by atoms with van der Waals surface area (Å²) in [5.41, 5.74) is 1.60. The third-order valence-electron chi connectivity index (χ3n) is 5.54. The van der Waals surface area contributed by atoms with Crippen molar-refractivity contribution in [3.05, 3.63) is 36.4 Å². The van der Waals surface area contributed by atoms with Gasteiger partial charge in [0, 0.05) is 19.2 Å². The zero-order valence-electron chi connectivity index (χ0n) is 19.4. The minimum absolute atomic E-state index is 0.00551. The number of nitrogens with one attached hydrogen (secondary N) is 1. The van der Waals surface area contributed by atoms with Crippen molar-refractivity contribution in [2.24, 2.45) is 5.92 Å². The van der Waals surface area contributed by atoms with Crippen molar-refractivity contribution >= 4 is 38.3 Å². The van der Waals surface area contributed by atoms with E-state index < -0.39 is 0 Å². The Kier molecular flexibility index (Phi) is 7.54. The van der Waals surface area contributed by atoms with Crippen molar-refractivity contribution in [2.75, 3.05) is 43.1 Å². The molecular formula is C25H31N3O4S. The molecule has 2 heterocycles. The minimum atomic E-state index is -0.130. The summed E-state index contributed by atoms with van der Waals surface area (Å²) in [6, 6.07) is 11.5. The number of hydrogen-bond acceptors (Lipinski definition) is 7. The first-order chi connectivity index (χ1) is 16.1. The van der Waals surface area contributed by atoms with E-state index in [1.807, 2.05) is 57.2 Å². The van der Waals surface area contributed by atoms with Crippen LogP contribution in [0, 0.1) is 5.92 Å². The molecule has 0 radical (unpaired) electrons. The Bertz CT molecular complexity index is 1100. The summed E-state index contributed by atoms with van der Waals surface area (Å²) < 4.78 is 18.0. The van der Waals surface area contributed by atoms with Crippen molar-refractivity contribution in [3.8, 4) is 17.2 Å². The third kappa shape index (κ3) is 5.50. The predicted molar refractivity (Wildman–Crippen MR) is 133 cm³/mol. The van der Waals surface area contributed by atoms with Crippen LogP contribution in [0.15, 0.2) is 36.4 Å². The number of piperidine rings is 1. The monoisotopic (exact) mass is 469 g/mol. The van der Waals surface area contributed by atoms with Crippen molar-refractivity contribution in [1.29, 1.82) is 0 Å². The molecule has 1 atom stereocenters. The first kappa shape index (κ1) is 23.2. The number of ether oxygens (including phenoxy) is 3. The van der Waals surface area contributed by atoms with Gasteiger partial charge in [-0.05, 0) is 63.9 Å². The van der Waals surface area contributed by atoms with Gasteiger partial charge < -0.3 is 24.4 Å². The van der Waals surface area contributed by atoms with Crippen LogP contribution >= 0.6 is 11.3 Å². The minimum Gasteiger partial charge on any atom is -0.494 e. The quantitative estimate of drug-likeness (QED) is 0.456. The molecule has 1 fully saturated rings. The van der Waals surface area contributed by atoms with Gasteiger partial charge in [-0.25, -0.2) is 4.98 Å². The van der Waals surface area contributed by atoms with Crippen LogP contribution in [0.3, 0.4) is 0 Å². The molecule has 0 saturated carbocycles. The summed E-state index contributed by atoms with van der Waals surface area (Å²) in [5.74, 6) is 2.08. The molecule has 2 aromatic carbocycles. The van der Waals surface area contributed by atoms with Gasteiger partial charge in [0.1, 0.15) is 17.2 Å². The van der Waals surface area contributed by atoms with Crippen LogP contribution in [0.1, 0.15) is 33.6 Å². The topological polar surface area (TPSA) is 72.9 Å². The number of anilines is 2. The highest BCUT2D eigenvalue weighted by Crippen LogP contribution is 2.35. The fraction of sp³-hybridized carbons (Fsp3) is 0.440. The zero-order valence-corrected chi connectivity index (χ0v) is 20.2. The average molecular weight is 470 g/mol. The highest BCUT2D eigenvalue weighted by Gasteiger charge is 2.28. The number of carbonyl (C=O) groups excluding carboxylic acids is 1. The average Bonchev–Trinajstić information content (AvgIpc) is 3.25. The fourth-order valence-corrected chi connectivity index (χ4v) is 5.06. The SMILES string of the molecule is CCOc1ccc(OCC)c(NC(=O)[C@H]2CCCN(c3nc4ccc(OCC)cc4s3)C2)c1. The smallest absolute Gasteiger partial charge is 0.229 e. The van der Waals surface area contributed by atoms with Gasteiger partial charge in [0.05, 0.1) is 41.6 Å². The number of hydrogen-bond donors (Lipinski definition) is 1. The summed E-state index contributed by atoms with van der Waals surface area (Å²) in [7, 11) is 0. The van der Waals surface area contributed by atoms with Crippen molar-refractivity contribution < 1.29 is 19.0 Å². The molecule has 0 spiro atoms. The molecule has 1 aliphatic rings. The molecule has 1 aliphatic heterocycles. The van der Waals surface area contributed by atoms with E-state index in [1.165, 1.54) is 0 Å². The lowest BCUT2D eigenvalue weighted by molar-refractivity contribution is -0.120. The van der Waals surface area contributed by atoms with Crippen LogP contribution in [0.5, 0.6) is 17.2 Å². The van der Waals surface area contributed by atoms with Gasteiger partial charge in [-0.3, -0.25) is 4.79 Å². The fourth-order valence-electron chi connectivity index (χ4n) is 4.03. The standard InChI is InChI=1S/C25H31N3O4S/c1-4-30-18-10-12-22(32-6-3)21(14-18)26-24(29)17-8-7-13-28(16-17)25-27-20-11-9-19(31-5-2)15-23(20)33-25/h9-12,14-15,17H,4-8,13,16H2,1-3H3,(H,26,29)/t17-/m0/s1. The maximum atomic E-state index is 13.2. The van der Waals surface area contributed by atoms with Crippen LogP contribution in [-0.2, 0) is 4.79 Å². The Morgan fingerprint density at radius 2 is 1.79 bits per heavy atom. The predicted octanol–water partition coefficient (Wildman–Crippen LogP) is 5.35. The molecule has 0 unspecified atom stereocenters. The highest BCUT2D eigenvalue weighted by atomic mass is 32.1. The Hall–Kier alpha value is -3.00. The summed E-state index contributed by atoms with van der Waals surface area (Å²) in [6.45, 7) is 9.10. The van der Waals surface area contributed by atoms with Gasteiger partial charge >= 0.3 is 0 Å². The lowest BCUT2D eigenvalue weighted by atomic mass is 9.97. The maximum absolute atomic E-state index is 13.2. The van der Waals surface area contributed by atoms with Crippen LogP contribution < -0.4 is 24.4 Å². The number of rotatable bonds is 9. The second kappa shape index (κ2) is 10.7. The number of amides is 1. The number of benzene rings is 2. The van der Waals surface area contributed by atoms with Gasteiger partial charge in [0.15, 0.2) is 5.13 Å². The van der Waals surface area contributed by atoms with Crippen LogP contribution in [0.2, 0.25) is 0 Å². The second-order valence-electron chi connectivity index (χ2n) is 7.86. The molecule has 33 heavy (non-hydrogen) atoms. The van der Waals surface area contributed by atoms with Crippen molar-refractivity contribution in [1.82, 2.24) is 4.98 Å². The van der Waals surface area contributed by atoms with Gasteiger partial charge in [-0.2, -0.15) is 0 Å². The number of carbonyl (C=O) groups is 1. The van der Waals surface area contributed by atoms with Gasteiger partial charge in [-0.15, -0.1) is 0 Å². The van der Waals surface area contributed by atoms with Gasteiger partial charge in [-0.1, -0.05) is 11.3 Å². The van der Waals surface area contributed by atoms with Crippen LogP contribution in [0.25, 0.3) is 10.2 Å². The van der Waals surface area contributed by atoms with E-state index in [-0.39, 0.29) is 11.8 Å². The second-order valence-corrected chi connectivity index (χ2v) is 8.87. The van der Waals surface area contributed by atoms with E-state index in [4.69, 9.17) is 19.2 Å². The Balaban J connectivity index is 1.48. The first-order valence-corrected chi connectivity index (χ1v) is 12.4. The molecule has 8 heteroatoms. The maximum Gasteiger partial charge on any atom is 0.229 e. The number of fused-ring (bicyclic) bond motifs is 1. The highest BCUT2D eigenvalue weighted by molar-refractivity contribution is 7.22. The summed E-state index contributed by atoms with van der Waals surface area (Å²) in [5, 5.41) is 4.03. The molecule has 1 saturated heterocycles. The first-order valence-electron chi connectivity index (χ1n) is 11.6. The Morgan fingerprint density at radius 1 is 1.06 bits per heavy atom. The Morgan fingerprint density at radius 3 is 2.55 bits per heavy atom. The van der Waals surface area contributed by atoms with E-state index >= 15 is 0 Å². The van der Waals surface area contributed by atoms with E-state index in [0.29, 0.717) is 43.6 Å². The van der Waals surface area contributed by atoms with E-state index in [2.05, 4.69) is 10.2 Å². The summed E-state index contributed by atoms with van der Waals surface area (Å²) in [4.78, 5) is 20.2. The molecular weight excluding hydrogens is 438 g/mol. The lowest BCUT2D eigenvalue weighted by Crippen LogP contribution is -2.40. The molecule has 3 aromatic rings. The molecule has 1 amide bonds. The third-order valence-corrected chi connectivity index (χ3v) is 6.62. The molecule has 0 aliphatic carbocycles. The van der Waals surface area contributed by atoms with E-state index in [9.17, 15) is 4.79 Å². The largest absolute Gasteiger partial charge is 0.494 e.